The molecule has 6 nitrogen and oxygen atoms in total. The van der Waals surface area contributed by atoms with Crippen molar-refractivity contribution in [2.24, 2.45) is 0 Å². The molecule has 6 heteroatoms. The minimum absolute atomic E-state index is 0.210. The summed E-state index contributed by atoms with van der Waals surface area (Å²) < 4.78 is 10.2. The number of cyclic esters (lactones) is 1. The Morgan fingerprint density at radius 1 is 1.25 bits per heavy atom. The van der Waals surface area contributed by atoms with Gasteiger partial charge in [-0.2, -0.15) is 0 Å². The second kappa shape index (κ2) is 4.29. The average molecular weight is 232 g/mol. The van der Waals surface area contributed by atoms with E-state index < -0.39 is 30.4 Å². The van der Waals surface area contributed by atoms with Crippen LogP contribution in [-0.2, 0) is 14.3 Å². The van der Waals surface area contributed by atoms with Crippen molar-refractivity contribution in [2.45, 2.75) is 56.4 Å². The first-order valence-electron chi connectivity index (χ1n) is 5.38. The second-order valence-electron chi connectivity index (χ2n) is 4.43. The van der Waals surface area contributed by atoms with Crippen molar-refractivity contribution in [1.82, 2.24) is 0 Å². The Hall–Kier alpha value is -0.690. The molecule has 0 spiro atoms. The van der Waals surface area contributed by atoms with Gasteiger partial charge < -0.3 is 24.8 Å². The van der Waals surface area contributed by atoms with Crippen molar-refractivity contribution in [1.29, 1.82) is 0 Å². The number of hydrogen-bond acceptors (Lipinski definition) is 6. The van der Waals surface area contributed by atoms with E-state index in [9.17, 15) is 20.1 Å². The molecule has 2 saturated heterocycles. The molecule has 92 valence electrons. The topological polar surface area (TPSA) is 99.5 Å². The maximum atomic E-state index is 11.3. The van der Waals surface area contributed by atoms with Crippen LogP contribution in [0.15, 0.2) is 0 Å². The Morgan fingerprint density at radius 3 is 2.62 bits per heavy atom. The fourth-order valence-electron chi connectivity index (χ4n) is 2.01. The van der Waals surface area contributed by atoms with Crippen LogP contribution in [0.5, 0.6) is 0 Å². The molecule has 3 N–H and O–H groups in total. The number of hydrogen-bond donors (Lipinski definition) is 3. The third kappa shape index (κ3) is 2.35. The molecule has 16 heavy (non-hydrogen) atoms. The van der Waals surface area contributed by atoms with Gasteiger partial charge in [-0.05, 0) is 6.92 Å². The van der Waals surface area contributed by atoms with E-state index in [1.165, 1.54) is 0 Å². The SMILES string of the molecule is CC1CC2OC2C(O)C(O)C(O)CC(=O)O1. The summed E-state index contributed by atoms with van der Waals surface area (Å²) in [5.74, 6) is -0.578. The lowest BCUT2D eigenvalue weighted by molar-refractivity contribution is -0.155. The highest BCUT2D eigenvalue weighted by Gasteiger charge is 2.49. The molecule has 6 atom stereocenters. The molecule has 0 aromatic carbocycles. The standard InChI is InChI=1S/C10H16O6/c1-4-2-6-10(16-6)9(14)8(13)5(11)3-7(12)15-4/h4-6,8-11,13-14H,2-3H2,1H3. The molecule has 2 aliphatic heterocycles. The molecule has 2 aliphatic rings. The molecule has 2 fully saturated rings. The molecule has 0 radical (unpaired) electrons. The Kier molecular flexibility index (Phi) is 3.16. The normalized spacial score (nSPS) is 49.1. The lowest BCUT2D eigenvalue weighted by Gasteiger charge is -2.23. The third-order valence-corrected chi connectivity index (χ3v) is 2.98. The second-order valence-corrected chi connectivity index (χ2v) is 4.43. The molecular formula is C10H16O6. The number of fused-ring (bicyclic) bond motifs is 1. The van der Waals surface area contributed by atoms with Crippen LogP contribution in [0.2, 0.25) is 0 Å². The number of aliphatic hydroxyl groups excluding tert-OH is 3. The monoisotopic (exact) mass is 232 g/mol. The molecule has 0 aromatic rings. The van der Waals surface area contributed by atoms with Crippen molar-refractivity contribution in [3.05, 3.63) is 0 Å². The van der Waals surface area contributed by atoms with E-state index in [1.54, 1.807) is 6.92 Å². The Bertz CT molecular complexity index is 280. The van der Waals surface area contributed by atoms with Crippen molar-refractivity contribution in [3.63, 3.8) is 0 Å². The maximum absolute atomic E-state index is 11.3. The summed E-state index contributed by atoms with van der Waals surface area (Å²) in [5, 5.41) is 28.7. The van der Waals surface area contributed by atoms with E-state index in [0.29, 0.717) is 6.42 Å². The first-order valence-corrected chi connectivity index (χ1v) is 5.38. The molecule has 0 bridgehead atoms. The Labute approximate surface area is 92.8 Å². The van der Waals surface area contributed by atoms with Crippen LogP contribution in [0.4, 0.5) is 0 Å². The largest absolute Gasteiger partial charge is 0.462 e. The highest BCUT2D eigenvalue weighted by molar-refractivity contribution is 5.70. The number of carbonyl (C=O) groups excluding carboxylic acids is 1. The van der Waals surface area contributed by atoms with Crippen LogP contribution in [0.3, 0.4) is 0 Å². The van der Waals surface area contributed by atoms with E-state index in [4.69, 9.17) is 9.47 Å². The van der Waals surface area contributed by atoms with Crippen LogP contribution in [0.1, 0.15) is 19.8 Å². The highest BCUT2D eigenvalue weighted by Crippen LogP contribution is 2.33. The summed E-state index contributed by atoms with van der Waals surface area (Å²) >= 11 is 0. The molecule has 0 aliphatic carbocycles. The van der Waals surface area contributed by atoms with Gasteiger partial charge in [-0.15, -0.1) is 0 Å². The molecule has 0 saturated carbocycles. The van der Waals surface area contributed by atoms with E-state index >= 15 is 0 Å². The first kappa shape index (κ1) is 11.8. The van der Waals surface area contributed by atoms with Crippen LogP contribution in [0.25, 0.3) is 0 Å². The van der Waals surface area contributed by atoms with Gasteiger partial charge >= 0.3 is 5.97 Å². The number of carbonyl (C=O) groups is 1. The number of ether oxygens (including phenoxy) is 2. The number of rotatable bonds is 0. The van der Waals surface area contributed by atoms with E-state index in [1.807, 2.05) is 0 Å². The van der Waals surface area contributed by atoms with Gasteiger partial charge in [0.05, 0.1) is 18.6 Å². The van der Waals surface area contributed by atoms with Gasteiger partial charge in [-0.25, -0.2) is 0 Å². The molecule has 6 unspecified atom stereocenters. The summed E-state index contributed by atoms with van der Waals surface area (Å²) in [6.07, 6.45) is -4.67. The zero-order chi connectivity index (χ0) is 11.9. The van der Waals surface area contributed by atoms with Crippen LogP contribution in [0, 0.1) is 0 Å². The zero-order valence-electron chi connectivity index (χ0n) is 8.94. The van der Waals surface area contributed by atoms with Crippen molar-refractivity contribution in [2.75, 3.05) is 0 Å². The number of esters is 1. The van der Waals surface area contributed by atoms with E-state index in [-0.39, 0.29) is 18.6 Å². The van der Waals surface area contributed by atoms with Gasteiger partial charge in [-0.3, -0.25) is 4.79 Å². The summed E-state index contributed by atoms with van der Waals surface area (Å²) in [6, 6.07) is 0. The van der Waals surface area contributed by atoms with Crippen LogP contribution >= 0.6 is 0 Å². The van der Waals surface area contributed by atoms with Gasteiger partial charge in [0.15, 0.2) is 0 Å². The minimum atomic E-state index is -1.38. The third-order valence-electron chi connectivity index (χ3n) is 2.98. The average Bonchev–Trinajstić information content (AvgIpc) is 2.92. The smallest absolute Gasteiger partial charge is 0.308 e. The van der Waals surface area contributed by atoms with E-state index in [2.05, 4.69) is 0 Å². The molecule has 2 heterocycles. The summed E-state index contributed by atoms with van der Waals surface area (Å²) in [7, 11) is 0. The Morgan fingerprint density at radius 2 is 1.94 bits per heavy atom. The zero-order valence-corrected chi connectivity index (χ0v) is 8.94. The van der Waals surface area contributed by atoms with Gasteiger partial charge in [0.25, 0.3) is 0 Å². The fourth-order valence-corrected chi connectivity index (χ4v) is 2.01. The lowest BCUT2D eigenvalue weighted by Crippen LogP contribution is -2.43. The maximum Gasteiger partial charge on any atom is 0.308 e. The molecule has 0 aromatic heterocycles. The summed E-state index contributed by atoms with van der Waals surface area (Å²) in [6.45, 7) is 1.73. The number of epoxide rings is 1. The van der Waals surface area contributed by atoms with Crippen LogP contribution < -0.4 is 0 Å². The highest BCUT2D eigenvalue weighted by atomic mass is 16.6. The fraction of sp³-hybridized carbons (Fsp3) is 0.900. The summed E-state index contributed by atoms with van der Waals surface area (Å²) in [4.78, 5) is 11.3. The lowest BCUT2D eigenvalue weighted by atomic mass is 9.99. The minimum Gasteiger partial charge on any atom is -0.462 e. The number of aliphatic hydroxyl groups is 3. The first-order chi connectivity index (χ1) is 7.49. The van der Waals surface area contributed by atoms with Gasteiger partial charge in [0, 0.05) is 6.42 Å². The summed E-state index contributed by atoms with van der Waals surface area (Å²) in [5.41, 5.74) is 0. The quantitative estimate of drug-likeness (QED) is 0.349. The van der Waals surface area contributed by atoms with Gasteiger partial charge in [-0.1, -0.05) is 0 Å². The van der Waals surface area contributed by atoms with E-state index in [0.717, 1.165) is 0 Å². The van der Waals surface area contributed by atoms with Gasteiger partial charge in [0.2, 0.25) is 0 Å². The predicted molar refractivity (Wildman–Crippen MR) is 51.5 cm³/mol. The van der Waals surface area contributed by atoms with Crippen molar-refractivity contribution >= 4 is 5.97 Å². The van der Waals surface area contributed by atoms with Crippen LogP contribution in [-0.4, -0.2) is 57.9 Å². The molecule has 2 rings (SSSR count). The van der Waals surface area contributed by atoms with Crippen molar-refractivity contribution < 1.29 is 29.6 Å². The van der Waals surface area contributed by atoms with Crippen molar-refractivity contribution in [3.8, 4) is 0 Å². The predicted octanol–water partition coefficient (Wildman–Crippen LogP) is -1.44. The molecular weight excluding hydrogens is 216 g/mol. The molecule has 0 amide bonds. The van der Waals surface area contributed by atoms with Gasteiger partial charge in [0.1, 0.15) is 24.4 Å². The Balaban J connectivity index is 2.06.